The third-order valence-electron chi connectivity index (χ3n) is 8.83. The monoisotopic (exact) mass is 706 g/mol. The molecule has 2 rings (SSSR count). The van der Waals surface area contributed by atoms with Crippen LogP contribution in [0, 0.1) is 17.8 Å². The Bertz CT molecular complexity index is 1050. The molecule has 0 aliphatic carbocycles. The fraction of sp³-hybridized carbons (Fsp3) is 0.882. The van der Waals surface area contributed by atoms with Gasteiger partial charge in [-0.3, -0.25) is 19.2 Å². The van der Waals surface area contributed by atoms with Crippen molar-refractivity contribution in [2.45, 2.75) is 155 Å². The molecule has 15 heteroatoms. The van der Waals surface area contributed by atoms with E-state index in [1.807, 2.05) is 6.92 Å². The van der Waals surface area contributed by atoms with Crippen molar-refractivity contribution in [1.82, 2.24) is 0 Å². The SMILES string of the molecule is CCCCCCC(=O)OC1C(OC(=O)CC(C)C)C(COC(=O)C(C)CC)OC(OC2(CO)OC(CO)C(O)C2O)C1OC(=O)C(C)CC. The van der Waals surface area contributed by atoms with Crippen LogP contribution in [0.4, 0.5) is 0 Å². The Balaban J connectivity index is 2.67. The lowest BCUT2D eigenvalue weighted by Crippen LogP contribution is -2.65. The molecule has 2 aliphatic heterocycles. The van der Waals surface area contributed by atoms with E-state index in [2.05, 4.69) is 0 Å². The molecule has 284 valence electrons. The molecule has 0 amide bonds. The fourth-order valence-corrected chi connectivity index (χ4v) is 5.31. The number of carbonyl (C=O) groups is 4. The Morgan fingerprint density at radius 2 is 1.41 bits per heavy atom. The van der Waals surface area contributed by atoms with Gasteiger partial charge in [-0.2, -0.15) is 0 Å². The number of unbranched alkanes of at least 4 members (excludes halogenated alkanes) is 3. The van der Waals surface area contributed by atoms with E-state index in [1.54, 1.807) is 41.5 Å². The Hall–Kier alpha value is -2.40. The predicted octanol–water partition coefficient (Wildman–Crippen LogP) is 1.92. The number of esters is 4. The highest BCUT2D eigenvalue weighted by Crippen LogP contribution is 2.38. The van der Waals surface area contributed by atoms with Crippen LogP contribution >= 0.6 is 0 Å². The summed E-state index contributed by atoms with van der Waals surface area (Å²) in [5.74, 6) is -6.39. The van der Waals surface area contributed by atoms with Crippen molar-refractivity contribution in [1.29, 1.82) is 0 Å². The zero-order valence-corrected chi connectivity index (χ0v) is 29.9. The normalized spacial score (nSPS) is 31.2. The van der Waals surface area contributed by atoms with Gasteiger partial charge in [0.15, 0.2) is 18.3 Å². The molecular weight excluding hydrogens is 648 g/mol. The van der Waals surface area contributed by atoms with Gasteiger partial charge in [0.2, 0.25) is 12.1 Å². The van der Waals surface area contributed by atoms with Crippen LogP contribution in [0.3, 0.4) is 0 Å². The van der Waals surface area contributed by atoms with Crippen molar-refractivity contribution >= 4 is 23.9 Å². The van der Waals surface area contributed by atoms with Gasteiger partial charge in [0.05, 0.1) is 18.4 Å². The summed E-state index contributed by atoms with van der Waals surface area (Å²) in [4.78, 5) is 52.5. The van der Waals surface area contributed by atoms with Crippen LogP contribution in [0.2, 0.25) is 0 Å². The molecule has 11 atom stereocenters. The molecule has 0 bridgehead atoms. The molecule has 0 aromatic carbocycles. The van der Waals surface area contributed by atoms with Gasteiger partial charge in [-0.25, -0.2) is 0 Å². The highest BCUT2D eigenvalue weighted by atomic mass is 16.8. The van der Waals surface area contributed by atoms with E-state index < -0.39 is 110 Å². The van der Waals surface area contributed by atoms with Gasteiger partial charge >= 0.3 is 23.9 Å². The molecule has 49 heavy (non-hydrogen) atoms. The number of rotatable bonds is 20. The molecule has 2 saturated heterocycles. The van der Waals surface area contributed by atoms with Gasteiger partial charge in [-0.05, 0) is 25.2 Å². The van der Waals surface area contributed by atoms with Gasteiger partial charge in [0.1, 0.15) is 37.6 Å². The van der Waals surface area contributed by atoms with Crippen molar-refractivity contribution in [3.63, 3.8) is 0 Å². The van der Waals surface area contributed by atoms with Crippen LogP contribution < -0.4 is 0 Å². The van der Waals surface area contributed by atoms with E-state index in [0.717, 1.165) is 19.3 Å². The molecule has 11 unspecified atom stereocenters. The molecule has 2 aliphatic rings. The minimum absolute atomic E-state index is 0.0119. The van der Waals surface area contributed by atoms with Gasteiger partial charge < -0.3 is 53.6 Å². The third kappa shape index (κ3) is 11.8. The summed E-state index contributed by atoms with van der Waals surface area (Å²) in [6, 6.07) is 0. The predicted molar refractivity (Wildman–Crippen MR) is 171 cm³/mol. The van der Waals surface area contributed by atoms with Gasteiger partial charge in [0.25, 0.3) is 0 Å². The Morgan fingerprint density at radius 1 is 0.776 bits per heavy atom. The minimum Gasteiger partial charge on any atom is -0.463 e. The van der Waals surface area contributed by atoms with E-state index >= 15 is 0 Å². The first kappa shape index (κ1) is 42.8. The molecule has 0 aromatic rings. The standard InChI is InChI=1S/C34H58O15/c1-8-11-12-13-14-24(37)45-28-27(46-25(38)15-19(4)5)23(17-43-31(41)20(6)9-2)44-33(29(28)47-32(42)21(7)10-3)49-34(18-36)30(40)26(39)22(16-35)48-34/h19-23,26-30,33,35-36,39-40H,8-18H2,1-7H3. The quantitative estimate of drug-likeness (QED) is 0.0809. The zero-order valence-electron chi connectivity index (χ0n) is 29.9. The molecular formula is C34H58O15. The summed E-state index contributed by atoms with van der Waals surface area (Å²) in [6.45, 7) is 10.1. The number of ether oxygens (including phenoxy) is 7. The lowest BCUT2D eigenvalue weighted by atomic mass is 9.97. The average Bonchev–Trinajstić information content (AvgIpc) is 3.31. The van der Waals surface area contributed by atoms with Crippen molar-refractivity contribution in [3.05, 3.63) is 0 Å². The van der Waals surface area contributed by atoms with Crippen molar-refractivity contribution in [3.8, 4) is 0 Å². The van der Waals surface area contributed by atoms with Gasteiger partial charge in [0, 0.05) is 12.8 Å². The van der Waals surface area contributed by atoms with Crippen molar-refractivity contribution in [2.75, 3.05) is 19.8 Å². The van der Waals surface area contributed by atoms with Crippen LogP contribution in [0.15, 0.2) is 0 Å². The molecule has 0 spiro atoms. The minimum atomic E-state index is -2.41. The first-order valence-corrected chi connectivity index (χ1v) is 17.5. The first-order valence-electron chi connectivity index (χ1n) is 17.5. The molecule has 0 radical (unpaired) electrons. The first-order chi connectivity index (χ1) is 23.2. The summed E-state index contributed by atoms with van der Waals surface area (Å²) in [5.41, 5.74) is 0. The second-order valence-electron chi connectivity index (χ2n) is 13.4. The van der Waals surface area contributed by atoms with E-state index in [4.69, 9.17) is 33.2 Å². The number of hydrogen-bond acceptors (Lipinski definition) is 15. The van der Waals surface area contributed by atoms with Gasteiger partial charge in [-0.15, -0.1) is 0 Å². The van der Waals surface area contributed by atoms with E-state index in [9.17, 15) is 39.6 Å². The smallest absolute Gasteiger partial charge is 0.309 e. The van der Waals surface area contributed by atoms with Gasteiger partial charge in [-0.1, -0.05) is 67.7 Å². The lowest BCUT2D eigenvalue weighted by molar-refractivity contribution is -0.384. The number of hydrogen-bond donors (Lipinski definition) is 4. The molecule has 0 saturated carbocycles. The van der Waals surface area contributed by atoms with Crippen LogP contribution in [0.5, 0.6) is 0 Å². The maximum atomic E-state index is 13.3. The summed E-state index contributed by atoms with van der Waals surface area (Å²) < 4.78 is 40.9. The fourth-order valence-electron chi connectivity index (χ4n) is 5.31. The second kappa shape index (κ2) is 20.4. The molecule has 15 nitrogen and oxygen atoms in total. The van der Waals surface area contributed by atoms with Crippen molar-refractivity contribution in [2.24, 2.45) is 17.8 Å². The topological polar surface area (TPSA) is 214 Å². The highest BCUT2D eigenvalue weighted by Gasteiger charge is 2.61. The molecule has 4 N–H and O–H groups in total. The Kier molecular flexibility index (Phi) is 17.8. The number of aliphatic hydroxyl groups is 4. The second-order valence-corrected chi connectivity index (χ2v) is 13.4. The number of aliphatic hydroxyl groups excluding tert-OH is 4. The number of carbonyl (C=O) groups excluding carboxylic acids is 4. The van der Waals surface area contributed by atoms with Crippen LogP contribution in [-0.2, 0) is 52.3 Å². The van der Waals surface area contributed by atoms with Crippen LogP contribution in [-0.4, -0.2) is 119 Å². The Labute approximate surface area is 288 Å². The maximum Gasteiger partial charge on any atom is 0.309 e. The maximum absolute atomic E-state index is 13.3. The summed E-state index contributed by atoms with van der Waals surface area (Å²) >= 11 is 0. The molecule has 2 heterocycles. The lowest BCUT2D eigenvalue weighted by Gasteiger charge is -2.46. The van der Waals surface area contributed by atoms with Crippen molar-refractivity contribution < 1.29 is 72.8 Å². The molecule has 2 fully saturated rings. The summed E-state index contributed by atoms with van der Waals surface area (Å²) in [6.07, 6.45) is -9.06. The van der Waals surface area contributed by atoms with E-state index in [0.29, 0.717) is 19.3 Å². The zero-order chi connectivity index (χ0) is 36.9. The highest BCUT2D eigenvalue weighted by molar-refractivity contribution is 5.73. The Morgan fingerprint density at radius 3 is 1.96 bits per heavy atom. The van der Waals surface area contributed by atoms with Crippen LogP contribution in [0.1, 0.15) is 99.8 Å². The van der Waals surface area contributed by atoms with Crippen LogP contribution in [0.25, 0.3) is 0 Å². The average molecular weight is 707 g/mol. The molecule has 0 aromatic heterocycles. The summed E-state index contributed by atoms with van der Waals surface area (Å²) in [7, 11) is 0. The third-order valence-corrected chi connectivity index (χ3v) is 8.83. The van der Waals surface area contributed by atoms with E-state index in [1.165, 1.54) is 0 Å². The van der Waals surface area contributed by atoms with E-state index in [-0.39, 0.29) is 18.8 Å². The largest absolute Gasteiger partial charge is 0.463 e. The summed E-state index contributed by atoms with van der Waals surface area (Å²) in [5, 5.41) is 41.5.